The van der Waals surface area contributed by atoms with Crippen LogP contribution in [0.3, 0.4) is 0 Å². The number of hydrogen-bond donors (Lipinski definition) is 4. The van der Waals surface area contributed by atoms with Gasteiger partial charge in [-0.25, -0.2) is 9.97 Å². The second-order valence-corrected chi connectivity index (χ2v) is 7.46. The number of thiazole rings is 1. The topological polar surface area (TPSA) is 96.1 Å². The summed E-state index contributed by atoms with van der Waals surface area (Å²) in [5.74, 6) is 1.60. The molecule has 2 aromatic heterocycles. The first-order chi connectivity index (χ1) is 12.2. The van der Waals surface area contributed by atoms with E-state index in [1.807, 2.05) is 36.4 Å². The standard InChI is InChI=1S/C18H21N5OS/c19-11-4-9-14-15(10-11)25-18(21-14)23-17-3-1-2-16(22-17)20-12-5-7-13(24)8-6-12/h1-4,9-10,12-13,24H,5-8,19H2,(H2,20,21,22,23)/t12-,13-. The van der Waals surface area contributed by atoms with Gasteiger partial charge >= 0.3 is 0 Å². The maximum atomic E-state index is 9.61. The number of hydrogen-bond acceptors (Lipinski definition) is 7. The summed E-state index contributed by atoms with van der Waals surface area (Å²) in [7, 11) is 0. The summed E-state index contributed by atoms with van der Waals surface area (Å²) < 4.78 is 1.05. The Hall–Kier alpha value is -2.38. The van der Waals surface area contributed by atoms with Gasteiger partial charge in [-0.1, -0.05) is 17.4 Å². The third-order valence-electron chi connectivity index (χ3n) is 4.45. The zero-order valence-corrected chi connectivity index (χ0v) is 14.6. The predicted molar refractivity (Wildman–Crippen MR) is 103 cm³/mol. The highest BCUT2D eigenvalue weighted by Crippen LogP contribution is 2.29. The molecule has 1 saturated carbocycles. The molecular formula is C18H21N5OS. The van der Waals surface area contributed by atoms with Gasteiger partial charge in [0.05, 0.1) is 16.3 Å². The number of benzene rings is 1. The molecule has 0 radical (unpaired) electrons. The Morgan fingerprint density at radius 3 is 2.68 bits per heavy atom. The van der Waals surface area contributed by atoms with Crippen LogP contribution in [0.2, 0.25) is 0 Å². The fourth-order valence-corrected chi connectivity index (χ4v) is 4.04. The van der Waals surface area contributed by atoms with Crippen LogP contribution < -0.4 is 16.4 Å². The summed E-state index contributed by atoms with van der Waals surface area (Å²) in [4.78, 5) is 9.19. The Kier molecular flexibility index (Phi) is 4.42. The Labute approximate surface area is 150 Å². The van der Waals surface area contributed by atoms with E-state index in [2.05, 4.69) is 20.6 Å². The van der Waals surface area contributed by atoms with Crippen LogP contribution in [0.15, 0.2) is 36.4 Å². The van der Waals surface area contributed by atoms with Crippen molar-refractivity contribution < 1.29 is 5.11 Å². The van der Waals surface area contributed by atoms with Crippen molar-refractivity contribution in [1.82, 2.24) is 9.97 Å². The molecule has 0 aliphatic heterocycles. The monoisotopic (exact) mass is 355 g/mol. The number of aromatic nitrogens is 2. The Morgan fingerprint density at radius 1 is 1.04 bits per heavy atom. The summed E-state index contributed by atoms with van der Waals surface area (Å²) in [6.45, 7) is 0. The number of anilines is 4. The molecule has 7 heteroatoms. The molecule has 130 valence electrons. The minimum Gasteiger partial charge on any atom is -0.399 e. The third-order valence-corrected chi connectivity index (χ3v) is 5.38. The summed E-state index contributed by atoms with van der Waals surface area (Å²) in [6, 6.07) is 12.0. The van der Waals surface area contributed by atoms with E-state index >= 15 is 0 Å². The number of aliphatic hydroxyl groups excluding tert-OH is 1. The highest BCUT2D eigenvalue weighted by atomic mass is 32.1. The van der Waals surface area contributed by atoms with Crippen LogP contribution in [0.25, 0.3) is 10.2 Å². The van der Waals surface area contributed by atoms with Gasteiger partial charge in [0.25, 0.3) is 0 Å². The van der Waals surface area contributed by atoms with E-state index in [1.54, 1.807) is 11.3 Å². The zero-order valence-electron chi connectivity index (χ0n) is 13.8. The van der Waals surface area contributed by atoms with Crippen molar-refractivity contribution in [1.29, 1.82) is 0 Å². The smallest absolute Gasteiger partial charge is 0.189 e. The van der Waals surface area contributed by atoms with Crippen LogP contribution in [0.4, 0.5) is 22.5 Å². The largest absolute Gasteiger partial charge is 0.399 e. The first-order valence-electron chi connectivity index (χ1n) is 8.50. The molecule has 0 amide bonds. The lowest BCUT2D eigenvalue weighted by atomic mass is 9.93. The first-order valence-corrected chi connectivity index (χ1v) is 9.32. The Bertz CT molecular complexity index is 873. The van der Waals surface area contributed by atoms with E-state index in [1.165, 1.54) is 0 Å². The number of aliphatic hydroxyl groups is 1. The SMILES string of the molecule is Nc1ccc2nc(Nc3cccc(N[C@H]4CC[C@H](O)CC4)n3)sc2c1. The van der Waals surface area contributed by atoms with Crippen LogP contribution in [-0.2, 0) is 0 Å². The molecule has 0 atom stereocenters. The summed E-state index contributed by atoms with van der Waals surface area (Å²) in [6.07, 6.45) is 3.50. The van der Waals surface area contributed by atoms with Gasteiger partial charge in [0.1, 0.15) is 11.6 Å². The molecule has 5 N–H and O–H groups in total. The Morgan fingerprint density at radius 2 is 1.84 bits per heavy atom. The molecule has 1 aliphatic rings. The van der Waals surface area contributed by atoms with E-state index in [-0.39, 0.29) is 6.10 Å². The second kappa shape index (κ2) is 6.85. The van der Waals surface area contributed by atoms with Gasteiger partial charge in [0.2, 0.25) is 0 Å². The van der Waals surface area contributed by atoms with E-state index in [0.717, 1.165) is 58.4 Å². The van der Waals surface area contributed by atoms with Crippen LogP contribution >= 0.6 is 11.3 Å². The first kappa shape index (κ1) is 16.1. The lowest BCUT2D eigenvalue weighted by Gasteiger charge is -2.26. The predicted octanol–water partition coefficient (Wildman–Crippen LogP) is 3.73. The number of nitrogen functional groups attached to an aromatic ring is 1. The Balaban J connectivity index is 1.47. The van der Waals surface area contributed by atoms with Crippen LogP contribution in [0.1, 0.15) is 25.7 Å². The van der Waals surface area contributed by atoms with Crippen molar-refractivity contribution >= 4 is 44.0 Å². The van der Waals surface area contributed by atoms with Crippen LogP contribution in [-0.4, -0.2) is 27.2 Å². The molecule has 1 fully saturated rings. The average Bonchev–Trinajstić information content (AvgIpc) is 2.98. The summed E-state index contributed by atoms with van der Waals surface area (Å²) in [5.41, 5.74) is 7.49. The van der Waals surface area contributed by atoms with E-state index < -0.39 is 0 Å². The van der Waals surface area contributed by atoms with Gasteiger partial charge < -0.3 is 21.5 Å². The molecule has 6 nitrogen and oxygen atoms in total. The van der Waals surface area contributed by atoms with Gasteiger partial charge in [-0.2, -0.15) is 0 Å². The number of pyridine rings is 1. The molecule has 3 aromatic rings. The lowest BCUT2D eigenvalue weighted by molar-refractivity contribution is 0.126. The molecule has 1 aromatic carbocycles. The maximum Gasteiger partial charge on any atom is 0.189 e. The fraction of sp³-hybridized carbons (Fsp3) is 0.333. The number of rotatable bonds is 4. The number of nitrogens with one attached hydrogen (secondary N) is 2. The minimum atomic E-state index is -0.146. The van der Waals surface area contributed by atoms with Crippen LogP contribution in [0, 0.1) is 0 Å². The van der Waals surface area contributed by atoms with Gasteiger partial charge in [0, 0.05) is 11.7 Å². The zero-order chi connectivity index (χ0) is 17.2. The van der Waals surface area contributed by atoms with E-state index in [0.29, 0.717) is 6.04 Å². The summed E-state index contributed by atoms with van der Waals surface area (Å²) >= 11 is 1.56. The van der Waals surface area contributed by atoms with Crippen molar-refractivity contribution in [3.63, 3.8) is 0 Å². The summed E-state index contributed by atoms with van der Waals surface area (Å²) in [5, 5.41) is 17.1. The molecule has 2 heterocycles. The van der Waals surface area contributed by atoms with E-state index in [4.69, 9.17) is 5.73 Å². The van der Waals surface area contributed by atoms with E-state index in [9.17, 15) is 5.11 Å². The van der Waals surface area contributed by atoms with Crippen molar-refractivity contribution in [3.05, 3.63) is 36.4 Å². The van der Waals surface area contributed by atoms with Gasteiger partial charge in [0.15, 0.2) is 5.13 Å². The molecule has 0 saturated heterocycles. The van der Waals surface area contributed by atoms with Gasteiger partial charge in [-0.3, -0.25) is 0 Å². The molecule has 0 spiro atoms. The highest BCUT2D eigenvalue weighted by Gasteiger charge is 2.19. The molecule has 0 unspecified atom stereocenters. The lowest BCUT2D eigenvalue weighted by Crippen LogP contribution is -2.28. The maximum absolute atomic E-state index is 9.61. The quantitative estimate of drug-likeness (QED) is 0.533. The minimum absolute atomic E-state index is 0.146. The molecular weight excluding hydrogens is 334 g/mol. The number of fused-ring (bicyclic) bond motifs is 1. The van der Waals surface area contributed by atoms with Crippen LogP contribution in [0.5, 0.6) is 0 Å². The number of nitrogens with two attached hydrogens (primary N) is 1. The van der Waals surface area contributed by atoms with Crippen molar-refractivity contribution in [3.8, 4) is 0 Å². The molecule has 25 heavy (non-hydrogen) atoms. The van der Waals surface area contributed by atoms with Gasteiger partial charge in [-0.15, -0.1) is 0 Å². The van der Waals surface area contributed by atoms with Crippen molar-refractivity contribution in [2.24, 2.45) is 0 Å². The normalized spacial score (nSPS) is 20.5. The third kappa shape index (κ3) is 3.83. The molecule has 0 bridgehead atoms. The van der Waals surface area contributed by atoms with Crippen molar-refractivity contribution in [2.75, 3.05) is 16.4 Å². The highest BCUT2D eigenvalue weighted by molar-refractivity contribution is 7.22. The second-order valence-electron chi connectivity index (χ2n) is 6.43. The van der Waals surface area contributed by atoms with Gasteiger partial charge in [-0.05, 0) is 56.0 Å². The fourth-order valence-electron chi connectivity index (χ4n) is 3.12. The molecule has 4 rings (SSSR count). The molecule has 1 aliphatic carbocycles. The van der Waals surface area contributed by atoms with Crippen molar-refractivity contribution in [2.45, 2.75) is 37.8 Å². The number of nitrogens with zero attached hydrogens (tertiary/aromatic N) is 2. The average molecular weight is 355 g/mol.